The molecule has 7 nitrogen and oxygen atoms in total. The summed E-state index contributed by atoms with van der Waals surface area (Å²) in [5, 5.41) is 3.86. The molecule has 1 saturated heterocycles. The van der Waals surface area contributed by atoms with Crippen LogP contribution in [0, 0.1) is 5.82 Å². The highest BCUT2D eigenvalue weighted by Crippen LogP contribution is 2.37. The number of carbonyl (C=O) groups excluding carboxylic acids is 1. The van der Waals surface area contributed by atoms with E-state index in [4.69, 9.17) is 23.2 Å². The van der Waals surface area contributed by atoms with E-state index < -0.39 is 30.4 Å². The summed E-state index contributed by atoms with van der Waals surface area (Å²) in [5.41, 5.74) is 1.47. The molecule has 5 rings (SSSR count). The summed E-state index contributed by atoms with van der Waals surface area (Å²) < 4.78 is 40.9. The molecule has 0 bridgehead atoms. The van der Waals surface area contributed by atoms with Gasteiger partial charge in [0.1, 0.15) is 11.6 Å². The van der Waals surface area contributed by atoms with Gasteiger partial charge in [-0.1, -0.05) is 23.2 Å². The SMILES string of the molecule is CC1c2c(Cl)cc(Cl)cc2CCN1C(=O)CNc1cc2nc(CN3CC(F)(F)C3)[nH]c(=O)c2cc1F. The third kappa shape index (κ3) is 4.77. The number of nitrogens with zero attached hydrogens (tertiary/aromatic N) is 3. The molecule has 36 heavy (non-hydrogen) atoms. The van der Waals surface area contributed by atoms with Crippen molar-refractivity contribution < 1.29 is 18.0 Å². The molecule has 2 aliphatic heterocycles. The molecular weight excluding hydrogens is 518 g/mol. The normalized spacial score (nSPS) is 19.2. The Bertz CT molecular complexity index is 1420. The second-order valence-electron chi connectivity index (χ2n) is 9.19. The number of amides is 1. The van der Waals surface area contributed by atoms with E-state index in [2.05, 4.69) is 15.3 Å². The lowest BCUT2D eigenvalue weighted by atomic mass is 9.93. The Balaban J connectivity index is 1.31. The van der Waals surface area contributed by atoms with Gasteiger partial charge in [-0.05, 0) is 48.7 Å². The Morgan fingerprint density at radius 3 is 2.72 bits per heavy atom. The zero-order valence-electron chi connectivity index (χ0n) is 19.2. The summed E-state index contributed by atoms with van der Waals surface area (Å²) in [4.78, 5) is 35.3. The molecule has 1 unspecified atom stereocenters. The van der Waals surface area contributed by atoms with Crippen molar-refractivity contribution in [1.82, 2.24) is 19.8 Å². The number of rotatable bonds is 5. The van der Waals surface area contributed by atoms with Crippen LogP contribution < -0.4 is 10.9 Å². The van der Waals surface area contributed by atoms with E-state index in [9.17, 15) is 22.8 Å². The van der Waals surface area contributed by atoms with Crippen molar-refractivity contribution in [3.63, 3.8) is 0 Å². The molecule has 3 aromatic rings. The minimum Gasteiger partial charge on any atom is -0.374 e. The number of hydrogen-bond donors (Lipinski definition) is 2. The van der Waals surface area contributed by atoms with E-state index in [1.54, 1.807) is 11.0 Å². The maximum atomic E-state index is 14.7. The van der Waals surface area contributed by atoms with Gasteiger partial charge in [-0.2, -0.15) is 0 Å². The standard InChI is InChI=1S/C24H22Cl2F3N5O2/c1-12-22-13(4-14(25)5-16(22)26)2-3-34(12)21(35)8-30-19-7-18-15(6-17(19)27)23(36)32-20(31-18)9-33-10-24(28,29)11-33/h4-7,12,30H,2-3,8-11H2,1H3,(H,31,32,36). The number of likely N-dealkylation sites (tertiary alicyclic amines) is 1. The first-order chi connectivity index (χ1) is 17.0. The zero-order valence-corrected chi connectivity index (χ0v) is 20.7. The monoisotopic (exact) mass is 539 g/mol. The number of alkyl halides is 2. The predicted octanol–water partition coefficient (Wildman–Crippen LogP) is 4.38. The van der Waals surface area contributed by atoms with Crippen molar-refractivity contribution in [2.45, 2.75) is 31.9 Å². The third-order valence-electron chi connectivity index (χ3n) is 6.56. The maximum absolute atomic E-state index is 14.7. The Morgan fingerprint density at radius 1 is 1.25 bits per heavy atom. The van der Waals surface area contributed by atoms with Gasteiger partial charge in [-0.25, -0.2) is 18.2 Å². The summed E-state index contributed by atoms with van der Waals surface area (Å²) >= 11 is 12.5. The summed E-state index contributed by atoms with van der Waals surface area (Å²) in [7, 11) is 0. The first-order valence-electron chi connectivity index (χ1n) is 11.3. The van der Waals surface area contributed by atoms with E-state index in [0.29, 0.717) is 23.0 Å². The number of aromatic amines is 1. The average molecular weight is 540 g/mol. The van der Waals surface area contributed by atoms with Gasteiger partial charge in [0, 0.05) is 16.6 Å². The molecule has 1 fully saturated rings. The lowest BCUT2D eigenvalue weighted by molar-refractivity contribution is -0.134. The van der Waals surface area contributed by atoms with Crippen LogP contribution in [0.15, 0.2) is 29.1 Å². The molecule has 2 aliphatic rings. The average Bonchev–Trinajstić information content (AvgIpc) is 2.76. The van der Waals surface area contributed by atoms with Crippen LogP contribution in [0.25, 0.3) is 10.9 Å². The van der Waals surface area contributed by atoms with Crippen molar-refractivity contribution in [2.75, 3.05) is 31.5 Å². The minimum atomic E-state index is -2.74. The maximum Gasteiger partial charge on any atom is 0.272 e. The number of H-pyrrole nitrogens is 1. The van der Waals surface area contributed by atoms with Gasteiger partial charge in [-0.3, -0.25) is 14.5 Å². The molecule has 1 amide bonds. The number of hydrogen-bond acceptors (Lipinski definition) is 5. The lowest BCUT2D eigenvalue weighted by Gasteiger charge is -2.38. The first-order valence-corrected chi connectivity index (χ1v) is 12.1. The number of fused-ring (bicyclic) bond motifs is 2. The predicted molar refractivity (Wildman–Crippen MR) is 131 cm³/mol. The molecule has 2 aromatic carbocycles. The number of nitrogens with one attached hydrogen (secondary N) is 2. The molecular formula is C24H22Cl2F3N5O2. The van der Waals surface area contributed by atoms with Crippen molar-refractivity contribution >= 4 is 45.7 Å². The summed E-state index contributed by atoms with van der Waals surface area (Å²) in [6, 6.07) is 5.59. The molecule has 0 radical (unpaired) electrons. The fraction of sp³-hybridized carbons (Fsp3) is 0.375. The highest BCUT2D eigenvalue weighted by Gasteiger charge is 2.43. The van der Waals surface area contributed by atoms with Crippen molar-refractivity contribution in [3.05, 3.63) is 67.4 Å². The quantitative estimate of drug-likeness (QED) is 0.503. The number of aromatic nitrogens is 2. The van der Waals surface area contributed by atoms with Crippen LogP contribution in [0.1, 0.15) is 29.9 Å². The zero-order chi connectivity index (χ0) is 25.8. The molecule has 3 heterocycles. The molecule has 190 valence electrons. The van der Waals surface area contributed by atoms with Gasteiger partial charge >= 0.3 is 0 Å². The number of halogens is 5. The minimum absolute atomic E-state index is 0.00487. The molecule has 0 saturated carbocycles. The van der Waals surface area contributed by atoms with E-state index in [0.717, 1.165) is 17.2 Å². The summed E-state index contributed by atoms with van der Waals surface area (Å²) in [6.07, 6.45) is 0.592. The smallest absolute Gasteiger partial charge is 0.272 e. The Morgan fingerprint density at radius 2 is 2.00 bits per heavy atom. The van der Waals surface area contributed by atoms with Gasteiger partial charge < -0.3 is 15.2 Å². The van der Waals surface area contributed by atoms with Crippen LogP contribution in [0.4, 0.5) is 18.9 Å². The molecule has 2 N–H and O–H groups in total. The van der Waals surface area contributed by atoms with Crippen molar-refractivity contribution in [2.24, 2.45) is 0 Å². The van der Waals surface area contributed by atoms with Crippen LogP contribution in [0.2, 0.25) is 10.0 Å². The summed E-state index contributed by atoms with van der Waals surface area (Å²) in [6.45, 7) is 1.36. The van der Waals surface area contributed by atoms with Crippen LogP contribution in [-0.4, -0.2) is 57.8 Å². The topological polar surface area (TPSA) is 81.3 Å². The highest BCUT2D eigenvalue weighted by atomic mass is 35.5. The molecule has 0 spiro atoms. The highest BCUT2D eigenvalue weighted by molar-refractivity contribution is 6.35. The van der Waals surface area contributed by atoms with E-state index >= 15 is 0 Å². The van der Waals surface area contributed by atoms with E-state index in [-0.39, 0.29) is 47.5 Å². The number of carbonyl (C=O) groups is 1. The molecule has 12 heteroatoms. The van der Waals surface area contributed by atoms with Gasteiger partial charge in [0.15, 0.2) is 0 Å². The lowest BCUT2D eigenvalue weighted by Crippen LogP contribution is -2.55. The largest absolute Gasteiger partial charge is 0.374 e. The Hall–Kier alpha value is -2.82. The van der Waals surface area contributed by atoms with Gasteiger partial charge in [-0.15, -0.1) is 0 Å². The van der Waals surface area contributed by atoms with Crippen LogP contribution in [0.3, 0.4) is 0 Å². The second-order valence-corrected chi connectivity index (χ2v) is 10.0. The third-order valence-corrected chi connectivity index (χ3v) is 7.10. The van der Waals surface area contributed by atoms with Gasteiger partial charge in [0.2, 0.25) is 5.91 Å². The molecule has 1 atom stereocenters. The fourth-order valence-corrected chi connectivity index (χ4v) is 5.56. The summed E-state index contributed by atoms with van der Waals surface area (Å²) in [5.74, 6) is -3.50. The first kappa shape index (κ1) is 24.9. The van der Waals surface area contributed by atoms with E-state index in [1.807, 2.05) is 13.0 Å². The van der Waals surface area contributed by atoms with Crippen LogP contribution >= 0.6 is 23.2 Å². The van der Waals surface area contributed by atoms with Crippen molar-refractivity contribution in [1.29, 1.82) is 0 Å². The fourth-order valence-electron chi connectivity index (χ4n) is 4.87. The second kappa shape index (κ2) is 9.24. The van der Waals surface area contributed by atoms with E-state index in [1.165, 1.54) is 11.0 Å². The molecule has 1 aromatic heterocycles. The Kier molecular flexibility index (Phi) is 6.38. The van der Waals surface area contributed by atoms with Crippen LogP contribution in [-0.2, 0) is 17.8 Å². The number of benzene rings is 2. The van der Waals surface area contributed by atoms with Crippen LogP contribution in [0.5, 0.6) is 0 Å². The van der Waals surface area contributed by atoms with Crippen molar-refractivity contribution in [3.8, 4) is 0 Å². The van der Waals surface area contributed by atoms with Gasteiger partial charge in [0.25, 0.3) is 11.5 Å². The Labute approximate surface area is 214 Å². The van der Waals surface area contributed by atoms with Gasteiger partial charge in [0.05, 0.1) is 48.8 Å². The molecule has 0 aliphatic carbocycles. The number of anilines is 1.